The van der Waals surface area contributed by atoms with Crippen molar-refractivity contribution < 1.29 is 4.79 Å². The summed E-state index contributed by atoms with van der Waals surface area (Å²) in [5, 5.41) is 3.95. The van der Waals surface area contributed by atoms with E-state index in [9.17, 15) is 4.79 Å². The Hall–Kier alpha value is -2.88. The van der Waals surface area contributed by atoms with Crippen LogP contribution in [0.5, 0.6) is 0 Å². The molecule has 4 heteroatoms. The third-order valence-corrected chi connectivity index (χ3v) is 3.66. The Labute approximate surface area is 122 Å². The van der Waals surface area contributed by atoms with Crippen LogP contribution in [0.2, 0.25) is 0 Å². The first kappa shape index (κ1) is 11.9. The summed E-state index contributed by atoms with van der Waals surface area (Å²) in [6.07, 6.45) is 1.73. The minimum absolute atomic E-state index is 0.0246. The van der Waals surface area contributed by atoms with Crippen LogP contribution >= 0.6 is 0 Å². The van der Waals surface area contributed by atoms with Gasteiger partial charge in [-0.05, 0) is 18.2 Å². The quantitative estimate of drug-likeness (QED) is 0.741. The van der Waals surface area contributed by atoms with Crippen molar-refractivity contribution in [2.75, 3.05) is 16.8 Å². The second-order valence-corrected chi connectivity index (χ2v) is 5.01. The van der Waals surface area contributed by atoms with Gasteiger partial charge in [-0.2, -0.15) is 0 Å². The van der Waals surface area contributed by atoms with Gasteiger partial charge in [-0.1, -0.05) is 36.4 Å². The van der Waals surface area contributed by atoms with E-state index >= 15 is 0 Å². The van der Waals surface area contributed by atoms with Gasteiger partial charge in [0.1, 0.15) is 6.54 Å². The molecule has 0 saturated carbocycles. The summed E-state index contributed by atoms with van der Waals surface area (Å²) in [7, 11) is 0. The Morgan fingerprint density at radius 2 is 1.76 bits per heavy atom. The van der Waals surface area contributed by atoms with Gasteiger partial charge in [0.15, 0.2) is 0 Å². The monoisotopic (exact) mass is 275 g/mol. The van der Waals surface area contributed by atoms with E-state index in [1.165, 1.54) is 0 Å². The van der Waals surface area contributed by atoms with E-state index in [0.717, 1.165) is 28.0 Å². The maximum atomic E-state index is 12.0. The number of aromatic nitrogens is 1. The Kier molecular flexibility index (Phi) is 2.60. The molecule has 1 aromatic heterocycles. The number of benzene rings is 2. The predicted octanol–water partition coefficient (Wildman–Crippen LogP) is 3.33. The fourth-order valence-corrected chi connectivity index (χ4v) is 2.75. The molecule has 21 heavy (non-hydrogen) atoms. The highest BCUT2D eigenvalue weighted by molar-refractivity contribution is 6.10. The normalized spacial score (nSPS) is 13.9. The van der Waals surface area contributed by atoms with Crippen LogP contribution in [0.3, 0.4) is 0 Å². The lowest BCUT2D eigenvalue weighted by Gasteiger charge is -2.31. The number of nitrogens with one attached hydrogen (secondary N) is 1. The second-order valence-electron chi connectivity index (χ2n) is 5.01. The molecule has 1 amide bonds. The molecule has 0 saturated heterocycles. The summed E-state index contributed by atoms with van der Waals surface area (Å²) in [6, 6.07) is 17.9. The summed E-state index contributed by atoms with van der Waals surface area (Å²) in [5.41, 5.74) is 3.69. The first-order valence-corrected chi connectivity index (χ1v) is 6.83. The van der Waals surface area contributed by atoms with E-state index < -0.39 is 0 Å². The van der Waals surface area contributed by atoms with Gasteiger partial charge in [0, 0.05) is 11.1 Å². The zero-order valence-corrected chi connectivity index (χ0v) is 11.3. The van der Waals surface area contributed by atoms with E-state index in [2.05, 4.69) is 10.3 Å². The summed E-state index contributed by atoms with van der Waals surface area (Å²) in [4.78, 5) is 18.4. The number of hydrogen-bond acceptors (Lipinski definition) is 3. The van der Waals surface area contributed by atoms with E-state index in [1.807, 2.05) is 59.5 Å². The summed E-state index contributed by atoms with van der Waals surface area (Å²) < 4.78 is 0. The second kappa shape index (κ2) is 4.59. The van der Waals surface area contributed by atoms with Gasteiger partial charge in [0.05, 0.1) is 23.1 Å². The van der Waals surface area contributed by atoms with Crippen molar-refractivity contribution in [2.45, 2.75) is 0 Å². The molecule has 0 radical (unpaired) electrons. The fraction of sp³-hybridized carbons (Fsp3) is 0.0588. The summed E-state index contributed by atoms with van der Waals surface area (Å²) in [5.74, 6) is -0.0246. The standard InChI is InChI=1S/C17H13N3O/c21-16-11-20(12-6-2-1-3-7-12)17-13-8-4-5-9-14(13)18-10-15(17)19-16/h1-10H,11H2,(H,19,21). The number of carbonyl (C=O) groups excluding carboxylic acids is 1. The van der Waals surface area contributed by atoms with Gasteiger partial charge >= 0.3 is 0 Å². The molecule has 4 nitrogen and oxygen atoms in total. The molecule has 1 aliphatic rings. The van der Waals surface area contributed by atoms with Gasteiger partial charge in [0.25, 0.3) is 0 Å². The van der Waals surface area contributed by atoms with Crippen LogP contribution < -0.4 is 10.2 Å². The maximum Gasteiger partial charge on any atom is 0.244 e. The third kappa shape index (κ3) is 1.92. The highest BCUT2D eigenvalue weighted by Crippen LogP contribution is 2.39. The smallest absolute Gasteiger partial charge is 0.244 e. The molecule has 2 aromatic carbocycles. The maximum absolute atomic E-state index is 12.0. The molecule has 102 valence electrons. The number of para-hydroxylation sites is 2. The van der Waals surface area contributed by atoms with Crippen LogP contribution in [0.15, 0.2) is 60.8 Å². The molecule has 4 rings (SSSR count). The highest BCUT2D eigenvalue weighted by atomic mass is 16.2. The Balaban J connectivity index is 2.00. The van der Waals surface area contributed by atoms with Crippen molar-refractivity contribution >= 4 is 33.9 Å². The largest absolute Gasteiger partial charge is 0.330 e. The van der Waals surface area contributed by atoms with Crippen LogP contribution in [0, 0.1) is 0 Å². The predicted molar refractivity (Wildman–Crippen MR) is 83.8 cm³/mol. The lowest BCUT2D eigenvalue weighted by Crippen LogP contribution is -2.35. The molecule has 2 heterocycles. The Morgan fingerprint density at radius 3 is 2.62 bits per heavy atom. The van der Waals surface area contributed by atoms with Gasteiger partial charge in [0.2, 0.25) is 5.91 Å². The van der Waals surface area contributed by atoms with Crippen molar-refractivity contribution in [2.24, 2.45) is 0 Å². The Morgan fingerprint density at radius 1 is 1.00 bits per heavy atom. The lowest BCUT2D eigenvalue weighted by molar-refractivity contribution is -0.115. The first-order chi connectivity index (χ1) is 10.3. The zero-order chi connectivity index (χ0) is 14.2. The molecule has 0 spiro atoms. The molecular weight excluding hydrogens is 262 g/mol. The zero-order valence-electron chi connectivity index (χ0n) is 11.3. The van der Waals surface area contributed by atoms with Gasteiger partial charge in [-0.25, -0.2) is 0 Å². The van der Waals surface area contributed by atoms with E-state index in [4.69, 9.17) is 0 Å². The van der Waals surface area contributed by atoms with Crippen molar-refractivity contribution in [3.63, 3.8) is 0 Å². The number of anilines is 3. The molecule has 3 aromatic rings. The SMILES string of the molecule is O=C1CN(c2ccccc2)c2c(cnc3ccccc23)N1. The number of hydrogen-bond donors (Lipinski definition) is 1. The first-order valence-electron chi connectivity index (χ1n) is 6.83. The lowest BCUT2D eigenvalue weighted by atomic mass is 10.1. The van der Waals surface area contributed by atoms with Crippen molar-refractivity contribution in [3.8, 4) is 0 Å². The number of pyridine rings is 1. The number of fused-ring (bicyclic) bond motifs is 3. The molecule has 0 fully saturated rings. The molecule has 0 unspecified atom stereocenters. The number of rotatable bonds is 1. The van der Waals surface area contributed by atoms with E-state index in [1.54, 1.807) is 6.20 Å². The number of nitrogens with zero attached hydrogens (tertiary/aromatic N) is 2. The van der Waals surface area contributed by atoms with Crippen molar-refractivity contribution in [1.29, 1.82) is 0 Å². The molecule has 0 aliphatic carbocycles. The highest BCUT2D eigenvalue weighted by Gasteiger charge is 2.25. The van der Waals surface area contributed by atoms with Crippen LogP contribution in [-0.2, 0) is 4.79 Å². The topological polar surface area (TPSA) is 45.2 Å². The van der Waals surface area contributed by atoms with E-state index in [-0.39, 0.29) is 5.91 Å². The number of carbonyl (C=O) groups is 1. The van der Waals surface area contributed by atoms with Crippen LogP contribution in [0.4, 0.5) is 17.1 Å². The van der Waals surface area contributed by atoms with Crippen LogP contribution in [0.1, 0.15) is 0 Å². The average Bonchev–Trinajstić information content (AvgIpc) is 2.54. The minimum Gasteiger partial charge on any atom is -0.330 e. The Bertz CT molecular complexity index is 830. The van der Waals surface area contributed by atoms with Gasteiger partial charge in [-0.3, -0.25) is 9.78 Å². The van der Waals surface area contributed by atoms with Gasteiger partial charge in [-0.15, -0.1) is 0 Å². The van der Waals surface area contributed by atoms with Crippen molar-refractivity contribution in [3.05, 3.63) is 60.8 Å². The summed E-state index contributed by atoms with van der Waals surface area (Å²) >= 11 is 0. The molecule has 0 bridgehead atoms. The molecule has 0 atom stereocenters. The minimum atomic E-state index is -0.0246. The van der Waals surface area contributed by atoms with Crippen LogP contribution in [-0.4, -0.2) is 17.4 Å². The summed E-state index contributed by atoms with van der Waals surface area (Å²) in [6.45, 7) is 0.311. The molecule has 1 N–H and O–H groups in total. The average molecular weight is 275 g/mol. The fourth-order valence-electron chi connectivity index (χ4n) is 2.75. The third-order valence-electron chi connectivity index (χ3n) is 3.66. The van der Waals surface area contributed by atoms with Crippen LogP contribution in [0.25, 0.3) is 10.9 Å². The van der Waals surface area contributed by atoms with Gasteiger partial charge < -0.3 is 10.2 Å². The number of amides is 1. The van der Waals surface area contributed by atoms with Crippen molar-refractivity contribution in [1.82, 2.24) is 4.98 Å². The molecule has 1 aliphatic heterocycles. The molecular formula is C17H13N3O. The van der Waals surface area contributed by atoms with E-state index in [0.29, 0.717) is 6.54 Å².